The fourth-order valence-corrected chi connectivity index (χ4v) is 6.58. The molecule has 0 fully saturated rings. The summed E-state index contributed by atoms with van der Waals surface area (Å²) in [5.74, 6) is 0. The number of rotatable bonds is 2. The van der Waals surface area contributed by atoms with Gasteiger partial charge in [0.05, 0.1) is 8.47 Å². The highest BCUT2D eigenvalue weighted by molar-refractivity contribution is 8.38. The predicted octanol–water partition coefficient (Wildman–Crippen LogP) is 7.10. The van der Waals surface area contributed by atoms with Gasteiger partial charge in [0.15, 0.2) is 0 Å². The second kappa shape index (κ2) is 7.40. The van der Waals surface area contributed by atoms with Crippen LogP contribution in [0.25, 0.3) is 0 Å². The van der Waals surface area contributed by atoms with Crippen molar-refractivity contribution in [3.63, 3.8) is 0 Å². The van der Waals surface area contributed by atoms with Gasteiger partial charge >= 0.3 is 0 Å². The molecular formula is C16H8Cl2N2S4. The Labute approximate surface area is 166 Å². The van der Waals surface area contributed by atoms with E-state index in [1.54, 1.807) is 23.5 Å². The summed E-state index contributed by atoms with van der Waals surface area (Å²) in [5.41, 5.74) is 2.08. The van der Waals surface area contributed by atoms with Crippen molar-refractivity contribution in [2.75, 3.05) is 0 Å². The third-order valence-electron chi connectivity index (χ3n) is 3.11. The van der Waals surface area contributed by atoms with Gasteiger partial charge in [0.2, 0.25) is 0 Å². The summed E-state index contributed by atoms with van der Waals surface area (Å²) in [7, 11) is 0. The fraction of sp³-hybridized carbons (Fsp3) is 0. The summed E-state index contributed by atoms with van der Waals surface area (Å²) >= 11 is 18.4. The van der Waals surface area contributed by atoms with Crippen LogP contribution in [0.5, 0.6) is 0 Å². The Hall–Kier alpha value is -0.500. The van der Waals surface area contributed by atoms with Crippen LogP contribution in [0.3, 0.4) is 0 Å². The van der Waals surface area contributed by atoms with Crippen LogP contribution < -0.4 is 0 Å². The van der Waals surface area contributed by atoms with Gasteiger partial charge in [0, 0.05) is 45.1 Å². The molecule has 0 saturated heterocycles. The van der Waals surface area contributed by atoms with E-state index in [1.807, 2.05) is 48.5 Å². The molecule has 0 amide bonds. The average molecular weight is 427 g/mol. The first kappa shape index (κ1) is 16.9. The first-order valence-corrected chi connectivity index (χ1v) is 10.7. The molecule has 0 spiro atoms. The van der Waals surface area contributed by atoms with E-state index in [0.29, 0.717) is 0 Å². The molecule has 2 heterocycles. The summed E-state index contributed by atoms with van der Waals surface area (Å²) in [6, 6.07) is 15.5. The van der Waals surface area contributed by atoms with Crippen molar-refractivity contribution in [3.8, 4) is 0 Å². The van der Waals surface area contributed by atoms with E-state index in [1.165, 1.54) is 23.9 Å². The predicted molar refractivity (Wildman–Crippen MR) is 113 cm³/mol. The first-order chi connectivity index (χ1) is 11.7. The molecule has 0 atom stereocenters. The molecule has 24 heavy (non-hydrogen) atoms. The van der Waals surface area contributed by atoms with Crippen LogP contribution in [0.1, 0.15) is 11.1 Å². The molecule has 2 nitrogen and oxygen atoms in total. The summed E-state index contributed by atoms with van der Waals surface area (Å²) in [5, 5.41) is 3.39. The van der Waals surface area contributed by atoms with Gasteiger partial charge in [0.1, 0.15) is 10.1 Å². The van der Waals surface area contributed by atoms with Crippen molar-refractivity contribution in [1.29, 1.82) is 0 Å². The second-order valence-corrected chi connectivity index (χ2v) is 9.71. The fourth-order valence-electron chi connectivity index (χ4n) is 2.04. The molecule has 0 aliphatic carbocycles. The van der Waals surface area contributed by atoms with Crippen LogP contribution in [-0.2, 0) is 0 Å². The molecule has 0 unspecified atom stereocenters. The molecule has 0 N–H and O–H groups in total. The summed E-state index contributed by atoms with van der Waals surface area (Å²) in [6.45, 7) is 0. The minimum absolute atomic E-state index is 0.720. The second-order valence-electron chi connectivity index (χ2n) is 4.78. The topological polar surface area (TPSA) is 24.7 Å². The van der Waals surface area contributed by atoms with Crippen LogP contribution in [0, 0.1) is 0 Å². The molecule has 120 valence electrons. The van der Waals surface area contributed by atoms with Gasteiger partial charge in [-0.2, -0.15) is 0 Å². The third kappa shape index (κ3) is 3.69. The Kier molecular flexibility index (Phi) is 5.22. The minimum atomic E-state index is 0.720. The van der Waals surface area contributed by atoms with Crippen LogP contribution in [-0.4, -0.2) is 10.1 Å². The van der Waals surface area contributed by atoms with E-state index in [9.17, 15) is 0 Å². The monoisotopic (exact) mass is 426 g/mol. The molecule has 0 saturated carbocycles. The maximum Gasteiger partial charge on any atom is 0.117 e. The van der Waals surface area contributed by atoms with Crippen LogP contribution >= 0.6 is 70.6 Å². The van der Waals surface area contributed by atoms with Crippen molar-refractivity contribution >= 4 is 80.7 Å². The molecule has 0 radical (unpaired) electrons. The quantitative estimate of drug-likeness (QED) is 0.477. The first-order valence-electron chi connectivity index (χ1n) is 6.81. The van der Waals surface area contributed by atoms with Gasteiger partial charge < -0.3 is 0 Å². The SMILES string of the molecule is Clc1cccc(C2=NS/C(=C3/SN=C(c4cccc(Cl)c4)S3)S2)c1. The summed E-state index contributed by atoms with van der Waals surface area (Å²) in [4.78, 5) is 0. The number of thioether (sulfide) groups is 2. The largest absolute Gasteiger partial charge is 0.203 e. The lowest BCUT2D eigenvalue weighted by molar-refractivity contribution is 1.66. The van der Waals surface area contributed by atoms with Crippen molar-refractivity contribution < 1.29 is 0 Å². The molecule has 0 aromatic heterocycles. The van der Waals surface area contributed by atoms with Crippen molar-refractivity contribution in [2.24, 2.45) is 8.80 Å². The van der Waals surface area contributed by atoms with Gasteiger partial charge in [-0.1, -0.05) is 71.0 Å². The maximum atomic E-state index is 6.07. The highest BCUT2D eigenvalue weighted by atomic mass is 35.5. The lowest BCUT2D eigenvalue weighted by atomic mass is 10.2. The zero-order chi connectivity index (χ0) is 16.5. The van der Waals surface area contributed by atoms with Crippen LogP contribution in [0.15, 0.2) is 65.8 Å². The molecule has 0 bridgehead atoms. The van der Waals surface area contributed by atoms with E-state index < -0.39 is 0 Å². The molecular weight excluding hydrogens is 419 g/mol. The lowest BCUT2D eigenvalue weighted by Crippen LogP contribution is -1.91. The standard InChI is InChI=1S/C16H8Cl2N2S4/c17-11-5-1-3-9(7-11)13-19-23-15(21-13)16-22-14(20-24-16)10-4-2-6-12(18)8-10/h1-8H/b16-15+. The van der Waals surface area contributed by atoms with Gasteiger partial charge in [-0.05, 0) is 24.3 Å². The van der Waals surface area contributed by atoms with Crippen molar-refractivity contribution in [3.05, 3.63) is 78.2 Å². The Morgan fingerprint density at radius 1 is 0.667 bits per heavy atom. The number of halogens is 2. The number of nitrogens with zero attached hydrogens (tertiary/aromatic N) is 2. The van der Waals surface area contributed by atoms with Crippen LogP contribution in [0.2, 0.25) is 10.0 Å². The highest BCUT2D eigenvalue weighted by Crippen LogP contribution is 2.52. The molecule has 2 aliphatic rings. The molecule has 8 heteroatoms. The normalized spacial score (nSPS) is 20.2. The van der Waals surface area contributed by atoms with Crippen molar-refractivity contribution in [2.45, 2.75) is 0 Å². The molecule has 2 aromatic carbocycles. The maximum absolute atomic E-state index is 6.07. The number of hydrogen-bond acceptors (Lipinski definition) is 6. The van der Waals surface area contributed by atoms with Crippen LogP contribution in [0.4, 0.5) is 0 Å². The van der Waals surface area contributed by atoms with Gasteiger partial charge in [-0.3, -0.25) is 0 Å². The summed E-state index contributed by atoms with van der Waals surface area (Å²) in [6.07, 6.45) is 0. The van der Waals surface area contributed by atoms with E-state index >= 15 is 0 Å². The smallest absolute Gasteiger partial charge is 0.117 e. The Balaban J connectivity index is 1.50. The van der Waals surface area contributed by atoms with Gasteiger partial charge in [-0.15, -0.1) is 0 Å². The molecule has 4 rings (SSSR count). The van der Waals surface area contributed by atoms with E-state index in [-0.39, 0.29) is 0 Å². The Bertz CT molecular complexity index is 835. The lowest BCUT2D eigenvalue weighted by Gasteiger charge is -2.02. The zero-order valence-corrected chi connectivity index (χ0v) is 16.7. The van der Waals surface area contributed by atoms with Gasteiger partial charge in [0.25, 0.3) is 0 Å². The Morgan fingerprint density at radius 3 is 1.54 bits per heavy atom. The third-order valence-corrected chi connectivity index (χ3v) is 8.38. The zero-order valence-electron chi connectivity index (χ0n) is 11.9. The minimum Gasteiger partial charge on any atom is -0.203 e. The highest BCUT2D eigenvalue weighted by Gasteiger charge is 2.26. The average Bonchev–Trinajstić information content (AvgIpc) is 3.24. The number of benzene rings is 2. The Morgan fingerprint density at radius 2 is 1.12 bits per heavy atom. The number of hydrogen-bond donors (Lipinski definition) is 0. The van der Waals surface area contributed by atoms with E-state index in [4.69, 9.17) is 23.2 Å². The van der Waals surface area contributed by atoms with E-state index in [2.05, 4.69) is 8.80 Å². The van der Waals surface area contributed by atoms with E-state index in [0.717, 1.165) is 39.7 Å². The molecule has 2 aliphatic heterocycles. The molecule has 2 aromatic rings. The van der Waals surface area contributed by atoms with Gasteiger partial charge in [-0.25, -0.2) is 8.80 Å². The summed E-state index contributed by atoms with van der Waals surface area (Å²) < 4.78 is 11.4. The van der Waals surface area contributed by atoms with Crippen molar-refractivity contribution in [1.82, 2.24) is 0 Å².